The Labute approximate surface area is 122 Å². The molecule has 1 aromatic carbocycles. The van der Waals surface area contributed by atoms with Gasteiger partial charge < -0.3 is 20.4 Å². The van der Waals surface area contributed by atoms with Crippen LogP contribution in [0.1, 0.15) is 31.8 Å². The highest BCUT2D eigenvalue weighted by Crippen LogP contribution is 2.35. The van der Waals surface area contributed by atoms with Crippen LogP contribution in [0.15, 0.2) is 18.2 Å². The van der Waals surface area contributed by atoms with Gasteiger partial charge in [0, 0.05) is 6.42 Å². The van der Waals surface area contributed by atoms with Crippen molar-refractivity contribution in [3.05, 3.63) is 40.5 Å². The fourth-order valence-electron chi connectivity index (χ4n) is 2.30. The van der Waals surface area contributed by atoms with E-state index in [0.717, 1.165) is 18.2 Å². The average Bonchev–Trinajstić information content (AvgIpc) is 2.44. The summed E-state index contributed by atoms with van der Waals surface area (Å²) in [6, 6.07) is 2.09. The van der Waals surface area contributed by atoms with E-state index in [1.165, 1.54) is 6.08 Å². The minimum atomic E-state index is -2.20. The highest BCUT2D eigenvalue weighted by Gasteiger charge is 2.46. The highest BCUT2D eigenvalue weighted by atomic mass is 16.4. The Hall–Kier alpha value is -3.16. The molecule has 0 spiro atoms. The molecule has 114 valence electrons. The van der Waals surface area contributed by atoms with Crippen molar-refractivity contribution in [2.24, 2.45) is 5.41 Å². The Bertz CT molecular complexity index is 729. The zero-order chi connectivity index (χ0) is 16.7. The fraction of sp³-hybridized carbons (Fsp3) is 0.143. The summed E-state index contributed by atoms with van der Waals surface area (Å²) in [6.07, 6.45) is 1.68. The number of carboxylic acids is 4. The van der Waals surface area contributed by atoms with Crippen LogP contribution in [0.5, 0.6) is 0 Å². The molecule has 0 amide bonds. The summed E-state index contributed by atoms with van der Waals surface area (Å²) in [5.74, 6) is -6.10. The molecule has 2 rings (SSSR count). The van der Waals surface area contributed by atoms with Crippen LogP contribution >= 0.6 is 0 Å². The molecule has 1 aromatic rings. The third-order valence-electron chi connectivity index (χ3n) is 3.52. The molecular formula is C14H10O8. The number of hydrogen-bond donors (Lipinski definition) is 4. The minimum Gasteiger partial charge on any atom is -0.480 e. The Morgan fingerprint density at radius 2 is 1.36 bits per heavy atom. The molecule has 0 saturated carbocycles. The lowest BCUT2D eigenvalue weighted by molar-refractivity contribution is -0.160. The van der Waals surface area contributed by atoms with Gasteiger partial charge in [-0.15, -0.1) is 0 Å². The zero-order valence-corrected chi connectivity index (χ0v) is 10.9. The first-order valence-corrected chi connectivity index (χ1v) is 5.98. The molecule has 0 atom stereocenters. The number of carboxylic acid groups (broad SMARTS) is 4. The van der Waals surface area contributed by atoms with Gasteiger partial charge in [-0.1, -0.05) is 12.2 Å². The van der Waals surface area contributed by atoms with Gasteiger partial charge in [0.1, 0.15) is 0 Å². The van der Waals surface area contributed by atoms with Gasteiger partial charge in [0.2, 0.25) is 0 Å². The summed E-state index contributed by atoms with van der Waals surface area (Å²) < 4.78 is 0. The summed E-state index contributed by atoms with van der Waals surface area (Å²) in [7, 11) is 0. The standard InChI is InChI=1S/C14H10O8/c15-10(16)8-3-6-1-2-14(12(19)20,13(21)22)5-7(6)4-9(8)11(17)18/h1-4H,5H2,(H,15,16)(H,17,18)(H,19,20)(H,21,22). The molecule has 0 heterocycles. The minimum absolute atomic E-state index is 0.148. The third-order valence-corrected chi connectivity index (χ3v) is 3.52. The second kappa shape index (κ2) is 4.99. The summed E-state index contributed by atoms with van der Waals surface area (Å²) in [6.45, 7) is 0. The number of carbonyl (C=O) groups is 4. The number of hydrogen-bond acceptors (Lipinski definition) is 4. The van der Waals surface area contributed by atoms with Crippen molar-refractivity contribution in [3.8, 4) is 0 Å². The molecular weight excluding hydrogens is 296 g/mol. The maximum Gasteiger partial charge on any atom is 0.336 e. The van der Waals surface area contributed by atoms with Crippen LogP contribution in [0.4, 0.5) is 0 Å². The van der Waals surface area contributed by atoms with E-state index in [9.17, 15) is 19.2 Å². The van der Waals surface area contributed by atoms with Crippen molar-refractivity contribution in [2.45, 2.75) is 6.42 Å². The maximum atomic E-state index is 11.3. The number of rotatable bonds is 4. The topological polar surface area (TPSA) is 149 Å². The lowest BCUT2D eigenvalue weighted by Crippen LogP contribution is -2.41. The van der Waals surface area contributed by atoms with E-state index < -0.39 is 46.8 Å². The zero-order valence-electron chi connectivity index (χ0n) is 10.9. The van der Waals surface area contributed by atoms with Crippen molar-refractivity contribution in [1.29, 1.82) is 0 Å². The van der Waals surface area contributed by atoms with E-state index in [4.69, 9.17) is 20.4 Å². The Morgan fingerprint density at radius 1 is 0.864 bits per heavy atom. The van der Waals surface area contributed by atoms with Gasteiger partial charge >= 0.3 is 23.9 Å². The average molecular weight is 306 g/mol. The van der Waals surface area contributed by atoms with Gasteiger partial charge in [-0.2, -0.15) is 0 Å². The fourth-order valence-corrected chi connectivity index (χ4v) is 2.30. The van der Waals surface area contributed by atoms with E-state index in [-0.39, 0.29) is 11.1 Å². The molecule has 0 unspecified atom stereocenters. The third kappa shape index (κ3) is 2.20. The maximum absolute atomic E-state index is 11.3. The molecule has 4 N–H and O–H groups in total. The second-order valence-corrected chi connectivity index (χ2v) is 4.80. The second-order valence-electron chi connectivity index (χ2n) is 4.80. The van der Waals surface area contributed by atoms with Crippen molar-refractivity contribution in [2.75, 3.05) is 0 Å². The van der Waals surface area contributed by atoms with E-state index >= 15 is 0 Å². The molecule has 0 radical (unpaired) electrons. The Morgan fingerprint density at radius 3 is 1.82 bits per heavy atom. The van der Waals surface area contributed by atoms with Crippen molar-refractivity contribution in [3.63, 3.8) is 0 Å². The number of aliphatic carboxylic acids is 2. The van der Waals surface area contributed by atoms with Crippen LogP contribution in [0, 0.1) is 5.41 Å². The molecule has 0 fully saturated rings. The summed E-state index contributed by atoms with van der Waals surface area (Å²) >= 11 is 0. The van der Waals surface area contributed by atoms with Crippen LogP contribution in [0.2, 0.25) is 0 Å². The molecule has 1 aliphatic rings. The predicted octanol–water partition coefficient (Wildman–Crippen LogP) is 0.808. The van der Waals surface area contributed by atoms with Gasteiger partial charge in [0.05, 0.1) is 11.1 Å². The SMILES string of the molecule is O=C(O)c1cc2c(cc1C(=O)O)CC(C(=O)O)(C(=O)O)C=C2. The molecule has 0 saturated heterocycles. The highest BCUT2D eigenvalue weighted by molar-refractivity contribution is 6.05. The number of aromatic carboxylic acids is 2. The first-order chi connectivity index (χ1) is 10.2. The lowest BCUT2D eigenvalue weighted by atomic mass is 9.75. The van der Waals surface area contributed by atoms with Crippen LogP contribution < -0.4 is 0 Å². The van der Waals surface area contributed by atoms with Crippen molar-refractivity contribution < 1.29 is 39.6 Å². The quantitative estimate of drug-likeness (QED) is 0.597. The van der Waals surface area contributed by atoms with E-state index in [2.05, 4.69) is 0 Å². The molecule has 22 heavy (non-hydrogen) atoms. The van der Waals surface area contributed by atoms with Crippen molar-refractivity contribution in [1.82, 2.24) is 0 Å². The number of benzene rings is 1. The van der Waals surface area contributed by atoms with Crippen LogP contribution in [0.3, 0.4) is 0 Å². The van der Waals surface area contributed by atoms with Crippen molar-refractivity contribution >= 4 is 30.0 Å². The first kappa shape index (κ1) is 15.2. The monoisotopic (exact) mass is 306 g/mol. The number of fused-ring (bicyclic) bond motifs is 1. The lowest BCUT2D eigenvalue weighted by Gasteiger charge is -2.26. The van der Waals surface area contributed by atoms with Gasteiger partial charge in [-0.05, 0) is 23.3 Å². The summed E-state index contributed by atoms with van der Waals surface area (Å²) in [5.41, 5.74) is -2.75. The summed E-state index contributed by atoms with van der Waals surface area (Å²) in [5, 5.41) is 36.4. The van der Waals surface area contributed by atoms with Crippen LogP contribution in [-0.2, 0) is 16.0 Å². The molecule has 1 aliphatic carbocycles. The van der Waals surface area contributed by atoms with Crippen LogP contribution in [0.25, 0.3) is 6.08 Å². The normalized spacial score (nSPS) is 14.9. The van der Waals surface area contributed by atoms with E-state index in [1.807, 2.05) is 0 Å². The van der Waals surface area contributed by atoms with E-state index in [1.54, 1.807) is 0 Å². The largest absolute Gasteiger partial charge is 0.480 e. The Kier molecular flexibility index (Phi) is 3.46. The summed E-state index contributed by atoms with van der Waals surface area (Å²) in [4.78, 5) is 44.8. The Balaban J connectivity index is 2.66. The van der Waals surface area contributed by atoms with Crippen LogP contribution in [-0.4, -0.2) is 44.3 Å². The molecule has 0 aromatic heterocycles. The molecule has 0 aliphatic heterocycles. The van der Waals surface area contributed by atoms with Gasteiger partial charge in [0.25, 0.3) is 0 Å². The van der Waals surface area contributed by atoms with Gasteiger partial charge in [0.15, 0.2) is 5.41 Å². The van der Waals surface area contributed by atoms with E-state index in [0.29, 0.717) is 0 Å². The molecule has 8 heteroatoms. The van der Waals surface area contributed by atoms with Gasteiger partial charge in [-0.25, -0.2) is 9.59 Å². The smallest absolute Gasteiger partial charge is 0.336 e. The predicted molar refractivity (Wildman–Crippen MR) is 70.8 cm³/mol. The van der Waals surface area contributed by atoms with Gasteiger partial charge in [-0.3, -0.25) is 9.59 Å². The molecule has 0 bridgehead atoms. The molecule has 8 nitrogen and oxygen atoms in total. The first-order valence-electron chi connectivity index (χ1n) is 5.98.